The van der Waals surface area contributed by atoms with Crippen molar-refractivity contribution in [3.63, 3.8) is 0 Å². The molecule has 4 aromatic rings. The van der Waals surface area contributed by atoms with E-state index in [1.807, 2.05) is 0 Å². The first-order valence-corrected chi connectivity index (χ1v) is 11.6. The summed E-state index contributed by atoms with van der Waals surface area (Å²) in [5, 5.41) is 10.2. The van der Waals surface area contributed by atoms with Crippen LogP contribution in [0.1, 0.15) is 5.56 Å². The van der Waals surface area contributed by atoms with Crippen LogP contribution in [0.2, 0.25) is 5.02 Å². The highest BCUT2D eigenvalue weighted by Crippen LogP contribution is 2.38. The fourth-order valence-corrected chi connectivity index (χ4v) is 4.89. The van der Waals surface area contributed by atoms with E-state index in [1.54, 1.807) is 36.4 Å². The molecule has 2 fully saturated rings. The molecule has 36 heavy (non-hydrogen) atoms. The number of hydrogen-bond acceptors (Lipinski definition) is 6. The number of fused-ring (bicyclic) bond motifs is 2. The summed E-state index contributed by atoms with van der Waals surface area (Å²) in [7, 11) is 0. The molecule has 0 bridgehead atoms. The summed E-state index contributed by atoms with van der Waals surface area (Å²) in [6.07, 6.45) is -6.39. The van der Waals surface area contributed by atoms with Gasteiger partial charge < -0.3 is 24.3 Å². The number of ether oxygens (including phenoxy) is 3. The fourth-order valence-electron chi connectivity index (χ4n) is 4.63. The number of nitrogens with zero attached hydrogens (tertiary/aromatic N) is 2. The minimum Gasteiger partial charge on any atom is -0.456 e. The quantitative estimate of drug-likeness (QED) is 0.401. The lowest BCUT2D eigenvalue weighted by Crippen LogP contribution is -2.34. The van der Waals surface area contributed by atoms with Crippen molar-refractivity contribution >= 4 is 22.8 Å². The van der Waals surface area contributed by atoms with Crippen molar-refractivity contribution in [2.45, 2.75) is 30.6 Å². The summed E-state index contributed by atoms with van der Waals surface area (Å²) in [4.78, 5) is 12.0. The second-order valence-corrected chi connectivity index (χ2v) is 9.08. The first-order chi connectivity index (χ1) is 17.3. The SMILES string of the molecule is O[C@@H]1CO[C@H]2[C@@H]1OC[C@H]2Oc1nc2nc(-c3ccc(-c4ccccc4C(F)(F)F)cc3)c(Cl)cc2[nH]1. The number of aromatic nitrogens is 3. The Morgan fingerprint density at radius 1 is 0.972 bits per heavy atom. The molecular weight excluding hydrogens is 499 g/mol. The molecule has 2 saturated heterocycles. The van der Waals surface area contributed by atoms with Crippen molar-refractivity contribution in [3.8, 4) is 28.4 Å². The number of aromatic amines is 1. The third-order valence-electron chi connectivity index (χ3n) is 6.35. The highest BCUT2D eigenvalue weighted by molar-refractivity contribution is 6.33. The minimum atomic E-state index is -4.46. The molecule has 0 radical (unpaired) electrons. The predicted molar refractivity (Wildman–Crippen MR) is 125 cm³/mol. The Balaban J connectivity index is 1.27. The van der Waals surface area contributed by atoms with Crippen LogP contribution in [0.4, 0.5) is 13.2 Å². The molecular formula is C25H19ClF3N3O4. The Labute approximate surface area is 207 Å². The van der Waals surface area contributed by atoms with Gasteiger partial charge in [0.15, 0.2) is 11.8 Å². The van der Waals surface area contributed by atoms with E-state index in [2.05, 4.69) is 15.0 Å². The van der Waals surface area contributed by atoms with E-state index in [9.17, 15) is 18.3 Å². The van der Waals surface area contributed by atoms with E-state index in [0.717, 1.165) is 6.07 Å². The first-order valence-electron chi connectivity index (χ1n) is 11.2. The third kappa shape index (κ3) is 4.09. The topological polar surface area (TPSA) is 89.5 Å². The number of H-pyrrole nitrogens is 1. The molecule has 0 unspecified atom stereocenters. The normalized spacial score (nSPS) is 23.8. The molecule has 2 aliphatic rings. The van der Waals surface area contributed by atoms with Gasteiger partial charge in [0.05, 0.1) is 35.0 Å². The molecule has 0 amide bonds. The smallest absolute Gasteiger partial charge is 0.417 e. The van der Waals surface area contributed by atoms with Crippen LogP contribution in [0, 0.1) is 0 Å². The van der Waals surface area contributed by atoms with Crippen LogP contribution < -0.4 is 4.74 Å². The van der Waals surface area contributed by atoms with Gasteiger partial charge in [0.25, 0.3) is 6.01 Å². The summed E-state index contributed by atoms with van der Waals surface area (Å²) in [5.74, 6) is 0. The van der Waals surface area contributed by atoms with E-state index < -0.39 is 30.1 Å². The van der Waals surface area contributed by atoms with Crippen molar-refractivity contribution in [1.29, 1.82) is 0 Å². The number of rotatable bonds is 4. The summed E-state index contributed by atoms with van der Waals surface area (Å²) in [5.41, 5.74) is 1.80. The molecule has 0 aliphatic carbocycles. The molecule has 4 atom stereocenters. The summed E-state index contributed by atoms with van der Waals surface area (Å²) >= 11 is 6.48. The standard InChI is InChI=1S/C25H19ClF3N3O4/c26-16-9-17-23(32-24(30-17)36-19-11-35-21-18(33)10-34-22(19)21)31-20(16)13-7-5-12(6-8-13)14-3-1-2-4-15(14)25(27,28)29/h1-9,18-19,21-22,33H,10-11H2,(H,30,31,32)/t18-,19-,21-,22-/m1/s1. The van der Waals surface area contributed by atoms with Crippen molar-refractivity contribution in [1.82, 2.24) is 15.0 Å². The molecule has 4 heterocycles. The van der Waals surface area contributed by atoms with Gasteiger partial charge in [0.2, 0.25) is 0 Å². The highest BCUT2D eigenvalue weighted by atomic mass is 35.5. The van der Waals surface area contributed by atoms with Crippen LogP contribution in [-0.4, -0.2) is 57.7 Å². The molecule has 0 saturated carbocycles. The second-order valence-electron chi connectivity index (χ2n) is 8.67. The summed E-state index contributed by atoms with van der Waals surface area (Å²) < 4.78 is 57.3. The Bertz CT molecular complexity index is 1430. The Morgan fingerprint density at radius 3 is 2.47 bits per heavy atom. The average molecular weight is 518 g/mol. The first kappa shape index (κ1) is 23.2. The van der Waals surface area contributed by atoms with Crippen molar-refractivity contribution in [3.05, 3.63) is 65.2 Å². The number of alkyl halides is 3. The van der Waals surface area contributed by atoms with Crippen LogP contribution in [0.3, 0.4) is 0 Å². The van der Waals surface area contributed by atoms with Crippen molar-refractivity contribution in [2.24, 2.45) is 0 Å². The summed E-state index contributed by atoms with van der Waals surface area (Å²) in [6.45, 7) is 0.448. The second kappa shape index (κ2) is 8.74. The van der Waals surface area contributed by atoms with Gasteiger partial charge in [-0.05, 0) is 23.3 Å². The average Bonchev–Trinajstić information content (AvgIpc) is 3.55. The van der Waals surface area contributed by atoms with Gasteiger partial charge in [-0.3, -0.25) is 0 Å². The van der Waals surface area contributed by atoms with E-state index >= 15 is 0 Å². The number of nitrogens with one attached hydrogen (secondary N) is 1. The lowest BCUT2D eigenvalue weighted by Gasteiger charge is -2.15. The number of aliphatic hydroxyl groups excluding tert-OH is 1. The number of aliphatic hydroxyl groups is 1. The number of benzene rings is 2. The lowest BCUT2D eigenvalue weighted by atomic mass is 9.98. The van der Waals surface area contributed by atoms with Gasteiger partial charge in [0, 0.05) is 5.56 Å². The minimum absolute atomic E-state index is 0.0945. The molecule has 2 aromatic heterocycles. The zero-order valence-electron chi connectivity index (χ0n) is 18.5. The van der Waals surface area contributed by atoms with Gasteiger partial charge in [-0.15, -0.1) is 0 Å². The van der Waals surface area contributed by atoms with Crippen LogP contribution in [-0.2, 0) is 15.7 Å². The number of pyridine rings is 1. The Morgan fingerprint density at radius 2 is 1.69 bits per heavy atom. The van der Waals surface area contributed by atoms with Crippen LogP contribution in [0.5, 0.6) is 6.01 Å². The summed E-state index contributed by atoms with van der Waals surface area (Å²) in [6, 6.07) is 13.9. The maximum absolute atomic E-state index is 13.4. The van der Waals surface area contributed by atoms with E-state index in [0.29, 0.717) is 33.0 Å². The molecule has 186 valence electrons. The van der Waals surface area contributed by atoms with Gasteiger partial charge in [-0.25, -0.2) is 4.98 Å². The van der Waals surface area contributed by atoms with Gasteiger partial charge >= 0.3 is 6.18 Å². The molecule has 7 nitrogen and oxygen atoms in total. The Kier molecular flexibility index (Phi) is 5.64. The molecule has 2 N–H and O–H groups in total. The maximum Gasteiger partial charge on any atom is 0.417 e. The van der Waals surface area contributed by atoms with Gasteiger partial charge in [0.1, 0.15) is 18.3 Å². The van der Waals surface area contributed by atoms with E-state index in [4.69, 9.17) is 25.8 Å². The molecule has 11 heteroatoms. The third-order valence-corrected chi connectivity index (χ3v) is 6.64. The lowest BCUT2D eigenvalue weighted by molar-refractivity contribution is -0.137. The van der Waals surface area contributed by atoms with Crippen LogP contribution >= 0.6 is 11.6 Å². The highest BCUT2D eigenvalue weighted by Gasteiger charge is 2.48. The zero-order valence-corrected chi connectivity index (χ0v) is 19.3. The monoisotopic (exact) mass is 517 g/mol. The fraction of sp³-hybridized carbons (Fsp3) is 0.280. The van der Waals surface area contributed by atoms with Gasteiger partial charge in [-0.2, -0.15) is 18.2 Å². The largest absolute Gasteiger partial charge is 0.456 e. The zero-order chi connectivity index (χ0) is 25.0. The molecule has 2 aliphatic heterocycles. The van der Waals surface area contributed by atoms with Crippen molar-refractivity contribution in [2.75, 3.05) is 13.2 Å². The predicted octanol–water partition coefficient (Wildman–Crippen LogP) is 4.87. The maximum atomic E-state index is 13.4. The van der Waals surface area contributed by atoms with E-state index in [-0.39, 0.29) is 30.9 Å². The van der Waals surface area contributed by atoms with Crippen molar-refractivity contribution < 1.29 is 32.5 Å². The molecule has 0 spiro atoms. The van der Waals surface area contributed by atoms with Crippen LogP contribution in [0.25, 0.3) is 33.5 Å². The molecule has 6 rings (SSSR count). The Hall–Kier alpha value is -3.18. The van der Waals surface area contributed by atoms with E-state index in [1.165, 1.54) is 12.1 Å². The number of imidazole rings is 1. The van der Waals surface area contributed by atoms with Crippen LogP contribution in [0.15, 0.2) is 54.6 Å². The number of halogens is 4. The van der Waals surface area contributed by atoms with Gasteiger partial charge in [-0.1, -0.05) is 54.1 Å². The molecule has 2 aromatic carbocycles. The number of hydrogen-bond donors (Lipinski definition) is 2.